The number of Topliss-reactive ketones (excluding diaryl/α,β-unsaturated/α-hetero) is 1. The molecule has 3 amide bonds. The summed E-state index contributed by atoms with van der Waals surface area (Å²) in [5, 5.41) is 28.0. The first-order valence-corrected chi connectivity index (χ1v) is 16.1. The highest BCUT2D eigenvalue weighted by atomic mass is 16.6. The van der Waals surface area contributed by atoms with E-state index in [4.69, 9.17) is 4.74 Å². The lowest BCUT2D eigenvalue weighted by Gasteiger charge is -2.29. The summed E-state index contributed by atoms with van der Waals surface area (Å²) in [6.07, 6.45) is 9.92. The number of nitrogens with one attached hydrogen (secondary N) is 2. The van der Waals surface area contributed by atoms with Gasteiger partial charge >= 0.3 is 12.1 Å². The number of nitrogens with zero attached hydrogens (tertiary/aromatic N) is 5. The number of alkyl carbamates (subject to hydrolysis) is 1. The molecule has 0 spiro atoms. The fourth-order valence-electron chi connectivity index (χ4n) is 6.87. The van der Waals surface area contributed by atoms with E-state index in [0.717, 1.165) is 44.1 Å². The number of benzene rings is 1. The lowest BCUT2D eigenvalue weighted by Crippen LogP contribution is -2.57. The number of amides is 3. The Balaban J connectivity index is 1.29. The summed E-state index contributed by atoms with van der Waals surface area (Å²) in [5.41, 5.74) is -0.830. The number of ether oxygens (including phenoxy) is 1. The molecule has 4 aliphatic rings. The zero-order valence-electron chi connectivity index (χ0n) is 25.5. The van der Waals surface area contributed by atoms with Gasteiger partial charge in [0, 0.05) is 24.4 Å². The van der Waals surface area contributed by atoms with Crippen molar-refractivity contribution in [2.45, 2.75) is 100 Å². The van der Waals surface area contributed by atoms with Crippen molar-refractivity contribution in [1.29, 1.82) is 0 Å². The molecule has 5 atom stereocenters. The number of carbonyl (C=O) groups is 5. The van der Waals surface area contributed by atoms with E-state index in [0.29, 0.717) is 25.1 Å². The van der Waals surface area contributed by atoms with Crippen molar-refractivity contribution in [3.05, 3.63) is 42.5 Å². The molecular formula is C32H39N7O7. The molecule has 244 valence electrons. The first-order valence-electron chi connectivity index (χ1n) is 16.1. The van der Waals surface area contributed by atoms with Gasteiger partial charge in [0.05, 0.1) is 6.04 Å². The summed E-state index contributed by atoms with van der Waals surface area (Å²) < 4.78 is 5.60. The van der Waals surface area contributed by atoms with E-state index in [2.05, 4.69) is 26.0 Å². The van der Waals surface area contributed by atoms with Crippen LogP contribution in [0.2, 0.25) is 0 Å². The number of carbonyl (C=O) groups excluding carboxylic acids is 4. The van der Waals surface area contributed by atoms with Gasteiger partial charge in [-0.1, -0.05) is 55.3 Å². The topological polar surface area (TPSA) is 186 Å². The van der Waals surface area contributed by atoms with Crippen molar-refractivity contribution in [3.8, 4) is 11.4 Å². The molecule has 2 aliphatic carbocycles. The number of aromatic nitrogens is 4. The molecule has 3 heterocycles. The summed E-state index contributed by atoms with van der Waals surface area (Å²) in [6.45, 7) is 0.0422. The van der Waals surface area contributed by atoms with Gasteiger partial charge in [-0.2, -0.15) is 4.80 Å². The van der Waals surface area contributed by atoms with Crippen LogP contribution in [0.5, 0.6) is 0 Å². The van der Waals surface area contributed by atoms with Crippen LogP contribution in [0.15, 0.2) is 42.5 Å². The highest BCUT2D eigenvalue weighted by Crippen LogP contribution is 2.46. The average molecular weight is 634 g/mol. The van der Waals surface area contributed by atoms with Crippen LogP contribution in [0, 0.1) is 5.92 Å². The van der Waals surface area contributed by atoms with Gasteiger partial charge in [-0.25, -0.2) is 9.59 Å². The second kappa shape index (κ2) is 13.4. The Morgan fingerprint density at radius 1 is 1.02 bits per heavy atom. The van der Waals surface area contributed by atoms with E-state index in [1.165, 1.54) is 9.70 Å². The molecule has 1 saturated heterocycles. The van der Waals surface area contributed by atoms with E-state index in [9.17, 15) is 29.1 Å². The maximum Gasteiger partial charge on any atom is 0.408 e. The Bertz CT molecular complexity index is 1500. The van der Waals surface area contributed by atoms with Crippen LogP contribution in [0.3, 0.4) is 0 Å². The summed E-state index contributed by atoms with van der Waals surface area (Å²) in [7, 11) is 0. The van der Waals surface area contributed by atoms with Crippen LogP contribution in [-0.2, 0) is 23.9 Å². The first kappa shape index (κ1) is 31.4. The first-order chi connectivity index (χ1) is 22.2. The zero-order chi connectivity index (χ0) is 32.3. The van der Waals surface area contributed by atoms with Gasteiger partial charge in [-0.05, 0) is 56.6 Å². The standard InChI is InChI=1S/C32H39N7O7/c40-26(30(43)44)32-18-21(32)13-7-2-1-3-8-16-24(33-31(45)46-23-14-9-10-15-23)29(42)38-19-22(17-25(38)28(41)34-32)39-36-27(35-37-39)20-11-5-4-6-12-20/h4-7,11-13,21-25H,1-3,8-10,14-19H2,(H,33,45)(H,34,41)(H,43,44)/t21-,22-,24+,25+,32-/m1/s1. The van der Waals surface area contributed by atoms with Crippen LogP contribution in [0.1, 0.15) is 76.7 Å². The molecule has 3 N–H and O–H groups in total. The largest absolute Gasteiger partial charge is 0.475 e. The third-order valence-electron chi connectivity index (χ3n) is 9.51. The van der Waals surface area contributed by atoms with Gasteiger partial charge in [0.15, 0.2) is 0 Å². The van der Waals surface area contributed by atoms with Crippen molar-refractivity contribution in [2.75, 3.05) is 6.54 Å². The number of allylic oxidation sites excluding steroid dienone is 1. The highest BCUT2D eigenvalue weighted by molar-refractivity contribution is 6.38. The maximum atomic E-state index is 14.2. The van der Waals surface area contributed by atoms with Crippen molar-refractivity contribution >= 4 is 29.7 Å². The molecule has 2 aliphatic heterocycles. The number of aliphatic carboxylic acids is 1. The molecular weight excluding hydrogens is 594 g/mol. The maximum absolute atomic E-state index is 14.2. The molecule has 1 aromatic heterocycles. The monoisotopic (exact) mass is 633 g/mol. The molecule has 14 heteroatoms. The van der Waals surface area contributed by atoms with Crippen molar-refractivity contribution in [2.24, 2.45) is 5.92 Å². The number of carboxylic acid groups (broad SMARTS) is 1. The van der Waals surface area contributed by atoms with Crippen molar-refractivity contribution in [3.63, 3.8) is 0 Å². The molecule has 1 aromatic carbocycles. The molecule has 46 heavy (non-hydrogen) atoms. The van der Waals surface area contributed by atoms with E-state index in [1.54, 1.807) is 6.08 Å². The second-order valence-corrected chi connectivity index (χ2v) is 12.7. The third-order valence-corrected chi connectivity index (χ3v) is 9.51. The molecule has 3 fully saturated rings. The average Bonchev–Trinajstić information content (AvgIpc) is 3.53. The fourth-order valence-corrected chi connectivity index (χ4v) is 6.87. The van der Waals surface area contributed by atoms with Crippen molar-refractivity contribution < 1.29 is 33.8 Å². The van der Waals surface area contributed by atoms with Gasteiger partial charge in [-0.15, -0.1) is 10.2 Å². The van der Waals surface area contributed by atoms with Crippen LogP contribution < -0.4 is 10.6 Å². The molecule has 14 nitrogen and oxygen atoms in total. The minimum atomic E-state index is -1.63. The number of hydrogen-bond donors (Lipinski definition) is 3. The predicted molar refractivity (Wildman–Crippen MR) is 162 cm³/mol. The van der Waals surface area contributed by atoms with Gasteiger partial charge in [0.1, 0.15) is 23.7 Å². The van der Waals surface area contributed by atoms with E-state index < -0.39 is 59.2 Å². The summed E-state index contributed by atoms with van der Waals surface area (Å²) in [5.74, 6) is -3.91. The molecule has 2 saturated carbocycles. The Morgan fingerprint density at radius 2 is 1.78 bits per heavy atom. The van der Waals surface area contributed by atoms with Crippen LogP contribution >= 0.6 is 0 Å². The van der Waals surface area contributed by atoms with Crippen LogP contribution in [0.4, 0.5) is 4.79 Å². The van der Waals surface area contributed by atoms with E-state index in [1.807, 2.05) is 36.4 Å². The molecule has 0 radical (unpaired) electrons. The minimum Gasteiger partial charge on any atom is -0.475 e. The fraction of sp³-hybridized carbons (Fsp3) is 0.562. The van der Waals surface area contributed by atoms with E-state index in [-0.39, 0.29) is 25.5 Å². The quantitative estimate of drug-likeness (QED) is 0.315. The Morgan fingerprint density at radius 3 is 2.54 bits per heavy atom. The SMILES string of the molecule is O=C(N[C@H]1CCCCCC=C[C@@H]2C[C@@]2(C(=O)C(=O)O)NC(=O)[C@@H]2C[C@@H](n3nnc(-c4ccccc4)n3)CN2C1=O)OC1CCCC1. The molecule has 2 aromatic rings. The summed E-state index contributed by atoms with van der Waals surface area (Å²) in [6, 6.07) is 6.69. The Hall–Kier alpha value is -4.62. The van der Waals surface area contributed by atoms with Gasteiger partial charge in [0.25, 0.3) is 5.78 Å². The van der Waals surface area contributed by atoms with Gasteiger partial charge < -0.3 is 25.4 Å². The predicted octanol–water partition coefficient (Wildman–Crippen LogP) is 2.57. The number of tetrazole rings is 1. The van der Waals surface area contributed by atoms with Gasteiger partial charge in [-0.3, -0.25) is 14.4 Å². The normalized spacial score (nSPS) is 28.7. The lowest BCUT2D eigenvalue weighted by molar-refractivity contribution is -0.151. The zero-order valence-corrected chi connectivity index (χ0v) is 25.5. The summed E-state index contributed by atoms with van der Waals surface area (Å²) in [4.78, 5) is 68.6. The highest BCUT2D eigenvalue weighted by Gasteiger charge is 2.62. The number of rotatable bonds is 6. The Kier molecular flexibility index (Phi) is 9.13. The van der Waals surface area contributed by atoms with Crippen LogP contribution in [0.25, 0.3) is 11.4 Å². The van der Waals surface area contributed by atoms with Gasteiger partial charge in [0.2, 0.25) is 17.6 Å². The van der Waals surface area contributed by atoms with Crippen LogP contribution in [-0.4, -0.2) is 90.1 Å². The number of fused-ring (bicyclic) bond motifs is 2. The van der Waals surface area contributed by atoms with E-state index >= 15 is 0 Å². The second-order valence-electron chi connectivity index (χ2n) is 12.7. The van der Waals surface area contributed by atoms with Crippen molar-refractivity contribution in [1.82, 2.24) is 35.7 Å². The molecule has 0 unspecified atom stereocenters. The molecule has 6 rings (SSSR count). The minimum absolute atomic E-state index is 0.0422. The number of carboxylic acids is 1. The number of hydrogen-bond acceptors (Lipinski definition) is 9. The molecule has 0 bridgehead atoms. The smallest absolute Gasteiger partial charge is 0.408 e. The Labute approximate surface area is 265 Å². The third kappa shape index (κ3) is 6.65. The summed E-state index contributed by atoms with van der Waals surface area (Å²) >= 11 is 0. The number of ketones is 1. The lowest BCUT2D eigenvalue weighted by atomic mass is 10.0.